The van der Waals surface area contributed by atoms with Crippen LogP contribution in [0.5, 0.6) is 0 Å². The molecule has 0 saturated carbocycles. The molecule has 0 bridgehead atoms. The van der Waals surface area contributed by atoms with E-state index in [0.29, 0.717) is 5.92 Å². The molecule has 0 radical (unpaired) electrons. The van der Waals surface area contributed by atoms with Crippen molar-refractivity contribution in [2.24, 2.45) is 0 Å². The number of piperidine rings is 1. The lowest BCUT2D eigenvalue weighted by Gasteiger charge is -2.30. The molecule has 0 aromatic carbocycles. The minimum absolute atomic E-state index is 0.646. The zero-order valence-corrected chi connectivity index (χ0v) is 11.3. The van der Waals surface area contributed by atoms with Gasteiger partial charge < -0.3 is 9.30 Å². The van der Waals surface area contributed by atoms with Crippen molar-refractivity contribution in [2.75, 3.05) is 19.6 Å². The second kappa shape index (κ2) is 4.73. The van der Waals surface area contributed by atoms with Gasteiger partial charge in [0.2, 0.25) is 0 Å². The minimum Gasteiger partial charge on any atom is -0.307 e. The van der Waals surface area contributed by atoms with Gasteiger partial charge in [-0.3, -0.25) is 0 Å². The molecule has 0 amide bonds. The van der Waals surface area contributed by atoms with Crippen LogP contribution in [0.1, 0.15) is 36.9 Å². The van der Waals surface area contributed by atoms with Gasteiger partial charge in [-0.2, -0.15) is 0 Å². The van der Waals surface area contributed by atoms with Crippen molar-refractivity contribution >= 4 is 5.65 Å². The summed E-state index contributed by atoms with van der Waals surface area (Å²) in [6.45, 7) is 7.97. The smallest absolute Gasteiger partial charge is 0.137 e. The third kappa shape index (κ3) is 2.15. The number of aryl methyl sites for hydroxylation is 1. The fourth-order valence-electron chi connectivity index (χ4n) is 2.84. The maximum atomic E-state index is 4.79. The zero-order chi connectivity index (χ0) is 12.5. The van der Waals surface area contributed by atoms with E-state index >= 15 is 0 Å². The molecule has 3 nitrogen and oxygen atoms in total. The molecule has 1 aliphatic heterocycles. The highest BCUT2D eigenvalue weighted by Gasteiger charge is 2.21. The zero-order valence-electron chi connectivity index (χ0n) is 11.3. The molecule has 0 N–H and O–H groups in total. The Bertz CT molecular complexity index is 536. The lowest BCUT2D eigenvalue weighted by Crippen LogP contribution is -2.32. The summed E-state index contributed by atoms with van der Waals surface area (Å²) in [7, 11) is 0. The van der Waals surface area contributed by atoms with Crippen molar-refractivity contribution in [1.82, 2.24) is 14.3 Å². The largest absolute Gasteiger partial charge is 0.307 e. The number of nitrogens with zero attached hydrogens (tertiary/aromatic N) is 3. The summed E-state index contributed by atoms with van der Waals surface area (Å²) in [5.74, 6) is 0.646. The van der Waals surface area contributed by atoms with Crippen LogP contribution < -0.4 is 0 Å². The first-order valence-corrected chi connectivity index (χ1v) is 6.94. The Hall–Kier alpha value is -1.35. The molecule has 3 heterocycles. The molecule has 3 rings (SSSR count). The van der Waals surface area contributed by atoms with E-state index in [-0.39, 0.29) is 0 Å². The SMILES string of the molecule is CCN1CCC(c2cn3ccc(C)cc3n2)CC1. The maximum absolute atomic E-state index is 4.79. The Balaban J connectivity index is 1.82. The van der Waals surface area contributed by atoms with Gasteiger partial charge in [0.15, 0.2) is 0 Å². The van der Waals surface area contributed by atoms with Crippen molar-refractivity contribution < 1.29 is 0 Å². The van der Waals surface area contributed by atoms with Gasteiger partial charge in [0.05, 0.1) is 5.69 Å². The Kier molecular flexibility index (Phi) is 3.08. The topological polar surface area (TPSA) is 20.5 Å². The average Bonchev–Trinajstić information content (AvgIpc) is 2.81. The first-order chi connectivity index (χ1) is 8.76. The Morgan fingerprint density at radius 1 is 1.33 bits per heavy atom. The minimum atomic E-state index is 0.646. The molecular formula is C15H21N3. The van der Waals surface area contributed by atoms with Crippen LogP contribution in [0.3, 0.4) is 0 Å². The van der Waals surface area contributed by atoms with Crippen LogP contribution in [0.15, 0.2) is 24.5 Å². The maximum Gasteiger partial charge on any atom is 0.137 e. The molecule has 18 heavy (non-hydrogen) atoms. The van der Waals surface area contributed by atoms with Gasteiger partial charge >= 0.3 is 0 Å². The molecule has 1 fully saturated rings. The second-order valence-electron chi connectivity index (χ2n) is 5.34. The van der Waals surface area contributed by atoms with Gasteiger partial charge in [0.25, 0.3) is 0 Å². The fraction of sp³-hybridized carbons (Fsp3) is 0.533. The molecule has 96 valence electrons. The lowest BCUT2D eigenvalue weighted by molar-refractivity contribution is 0.221. The Morgan fingerprint density at radius 2 is 2.11 bits per heavy atom. The van der Waals surface area contributed by atoms with E-state index in [0.717, 1.165) is 5.65 Å². The van der Waals surface area contributed by atoms with Gasteiger partial charge in [-0.05, 0) is 57.1 Å². The van der Waals surface area contributed by atoms with Gasteiger partial charge in [-0.25, -0.2) is 4.98 Å². The van der Waals surface area contributed by atoms with E-state index in [4.69, 9.17) is 4.98 Å². The number of rotatable bonds is 2. The number of imidazole rings is 1. The highest BCUT2D eigenvalue weighted by Crippen LogP contribution is 2.27. The van der Waals surface area contributed by atoms with Crippen LogP contribution in [0.2, 0.25) is 0 Å². The predicted molar refractivity (Wildman–Crippen MR) is 74.0 cm³/mol. The number of aromatic nitrogens is 2. The molecule has 1 aliphatic rings. The quantitative estimate of drug-likeness (QED) is 0.808. The van der Waals surface area contributed by atoms with E-state index in [1.807, 2.05) is 0 Å². The number of likely N-dealkylation sites (tertiary alicyclic amines) is 1. The van der Waals surface area contributed by atoms with Gasteiger partial charge in [-0.1, -0.05) is 6.92 Å². The van der Waals surface area contributed by atoms with Crippen molar-refractivity contribution in [1.29, 1.82) is 0 Å². The molecule has 0 unspecified atom stereocenters. The Labute approximate surface area is 108 Å². The number of hydrogen-bond acceptors (Lipinski definition) is 2. The third-order valence-electron chi connectivity index (χ3n) is 4.09. The summed E-state index contributed by atoms with van der Waals surface area (Å²) in [5, 5.41) is 0. The summed E-state index contributed by atoms with van der Waals surface area (Å²) < 4.78 is 2.15. The monoisotopic (exact) mass is 243 g/mol. The van der Waals surface area contributed by atoms with Gasteiger partial charge in [-0.15, -0.1) is 0 Å². The van der Waals surface area contributed by atoms with Crippen molar-refractivity contribution in [3.8, 4) is 0 Å². The second-order valence-corrected chi connectivity index (χ2v) is 5.34. The number of hydrogen-bond donors (Lipinski definition) is 0. The van der Waals surface area contributed by atoms with E-state index in [1.165, 1.54) is 43.7 Å². The van der Waals surface area contributed by atoms with Crippen molar-refractivity contribution in [2.45, 2.75) is 32.6 Å². The summed E-state index contributed by atoms with van der Waals surface area (Å²) in [4.78, 5) is 7.32. The normalized spacial score (nSPS) is 18.6. The van der Waals surface area contributed by atoms with E-state index in [9.17, 15) is 0 Å². The highest BCUT2D eigenvalue weighted by molar-refractivity contribution is 5.43. The average molecular weight is 243 g/mol. The number of pyridine rings is 1. The van der Waals surface area contributed by atoms with E-state index in [2.05, 4.69) is 47.7 Å². The van der Waals surface area contributed by atoms with Crippen LogP contribution >= 0.6 is 0 Å². The molecule has 0 aliphatic carbocycles. The summed E-state index contributed by atoms with van der Waals surface area (Å²) in [5.41, 5.74) is 3.64. The fourth-order valence-corrected chi connectivity index (χ4v) is 2.84. The summed E-state index contributed by atoms with van der Waals surface area (Å²) in [6.07, 6.45) is 6.82. The van der Waals surface area contributed by atoms with Gasteiger partial charge in [0, 0.05) is 18.3 Å². The van der Waals surface area contributed by atoms with Crippen LogP contribution in [0.25, 0.3) is 5.65 Å². The molecule has 0 atom stereocenters. The first-order valence-electron chi connectivity index (χ1n) is 6.94. The predicted octanol–water partition coefficient (Wildman–Crippen LogP) is 2.84. The van der Waals surface area contributed by atoms with Crippen LogP contribution in [0.4, 0.5) is 0 Å². The van der Waals surface area contributed by atoms with E-state index < -0.39 is 0 Å². The molecule has 0 spiro atoms. The Morgan fingerprint density at radius 3 is 2.83 bits per heavy atom. The van der Waals surface area contributed by atoms with Crippen LogP contribution in [0, 0.1) is 6.92 Å². The summed E-state index contributed by atoms with van der Waals surface area (Å²) in [6, 6.07) is 4.29. The van der Waals surface area contributed by atoms with Crippen molar-refractivity contribution in [3.63, 3.8) is 0 Å². The number of fused-ring (bicyclic) bond motifs is 1. The van der Waals surface area contributed by atoms with Crippen LogP contribution in [-0.4, -0.2) is 33.9 Å². The molecule has 3 heteroatoms. The standard InChI is InChI=1S/C15H21N3/c1-3-17-7-5-13(6-8-17)14-11-18-9-4-12(2)10-15(18)16-14/h4,9-11,13H,3,5-8H2,1-2H3. The lowest BCUT2D eigenvalue weighted by atomic mass is 9.94. The van der Waals surface area contributed by atoms with Gasteiger partial charge in [0.1, 0.15) is 5.65 Å². The summed E-state index contributed by atoms with van der Waals surface area (Å²) >= 11 is 0. The third-order valence-corrected chi connectivity index (χ3v) is 4.09. The van der Waals surface area contributed by atoms with Crippen LogP contribution in [-0.2, 0) is 0 Å². The van der Waals surface area contributed by atoms with E-state index in [1.54, 1.807) is 0 Å². The molecule has 2 aromatic rings. The highest BCUT2D eigenvalue weighted by atomic mass is 15.1. The molecule has 2 aromatic heterocycles. The molecular weight excluding hydrogens is 222 g/mol. The molecule has 1 saturated heterocycles. The van der Waals surface area contributed by atoms with Crippen molar-refractivity contribution in [3.05, 3.63) is 35.8 Å². The first kappa shape index (κ1) is 11.7.